The molecule has 5 nitrogen and oxygen atoms in total. The number of benzene rings is 7. The Morgan fingerprint density at radius 3 is 1.46 bits per heavy atom. The van der Waals surface area contributed by atoms with Crippen molar-refractivity contribution < 1.29 is 8.83 Å². The zero-order valence-electron chi connectivity index (χ0n) is 26.7. The average Bonchev–Trinajstić information content (AvgIpc) is 3.77. The molecule has 10 aromatic rings. The SMILES string of the molecule is c1ccc(-c2nc(-c3cccc4oc5ccccc5c34)nc(-c3cccc4oc5ccc(-c6ccccc6-c6ccccc6)cc5c34)n2)cc1. The summed E-state index contributed by atoms with van der Waals surface area (Å²) in [5, 5.41) is 3.97. The van der Waals surface area contributed by atoms with Gasteiger partial charge in [0.2, 0.25) is 0 Å². The van der Waals surface area contributed by atoms with Gasteiger partial charge in [-0.3, -0.25) is 0 Å². The molecule has 0 saturated heterocycles. The molecule has 0 saturated carbocycles. The molecule has 0 N–H and O–H groups in total. The average molecular weight is 642 g/mol. The molecule has 0 aliphatic heterocycles. The van der Waals surface area contributed by atoms with Crippen molar-refractivity contribution in [3.8, 4) is 56.4 Å². The van der Waals surface area contributed by atoms with E-state index in [1.54, 1.807) is 0 Å². The maximum absolute atomic E-state index is 6.46. The Kier molecular flexibility index (Phi) is 6.42. The van der Waals surface area contributed by atoms with Crippen LogP contribution in [0.5, 0.6) is 0 Å². The first-order valence-electron chi connectivity index (χ1n) is 16.6. The number of fused-ring (bicyclic) bond motifs is 6. The van der Waals surface area contributed by atoms with Crippen molar-refractivity contribution in [2.75, 3.05) is 0 Å². The van der Waals surface area contributed by atoms with Gasteiger partial charge in [-0.2, -0.15) is 0 Å². The predicted octanol–water partition coefficient (Wildman–Crippen LogP) is 12.0. The molecule has 0 radical (unpaired) electrons. The highest BCUT2D eigenvalue weighted by Gasteiger charge is 2.21. The lowest BCUT2D eigenvalue weighted by Crippen LogP contribution is -2.00. The van der Waals surface area contributed by atoms with Crippen molar-refractivity contribution in [1.29, 1.82) is 0 Å². The van der Waals surface area contributed by atoms with Gasteiger partial charge in [0.05, 0.1) is 0 Å². The van der Waals surface area contributed by atoms with Crippen LogP contribution < -0.4 is 0 Å². The lowest BCUT2D eigenvalue weighted by Gasteiger charge is -2.11. The Bertz CT molecular complexity index is 2870. The molecule has 10 rings (SSSR count). The van der Waals surface area contributed by atoms with Crippen LogP contribution in [-0.4, -0.2) is 15.0 Å². The van der Waals surface area contributed by atoms with Crippen molar-refractivity contribution in [3.05, 3.63) is 164 Å². The summed E-state index contributed by atoms with van der Waals surface area (Å²) in [6.07, 6.45) is 0. The lowest BCUT2D eigenvalue weighted by molar-refractivity contribution is 0.668. The third-order valence-electron chi connectivity index (χ3n) is 9.37. The first kappa shape index (κ1) is 28.2. The fourth-order valence-electron chi connectivity index (χ4n) is 7.08. The summed E-state index contributed by atoms with van der Waals surface area (Å²) in [5.41, 5.74) is 10.5. The summed E-state index contributed by atoms with van der Waals surface area (Å²) >= 11 is 0. The number of hydrogen-bond donors (Lipinski definition) is 0. The van der Waals surface area contributed by atoms with Crippen LogP contribution in [0.25, 0.3) is 100 Å². The van der Waals surface area contributed by atoms with Gasteiger partial charge in [-0.25, -0.2) is 15.0 Å². The van der Waals surface area contributed by atoms with Crippen molar-refractivity contribution in [2.24, 2.45) is 0 Å². The van der Waals surface area contributed by atoms with Crippen LogP contribution in [0, 0.1) is 0 Å². The van der Waals surface area contributed by atoms with Gasteiger partial charge in [0.15, 0.2) is 17.5 Å². The quantitative estimate of drug-likeness (QED) is 0.187. The fraction of sp³-hybridized carbons (Fsp3) is 0. The van der Waals surface area contributed by atoms with E-state index in [4.69, 9.17) is 23.8 Å². The molecule has 7 aromatic carbocycles. The summed E-state index contributed by atoms with van der Waals surface area (Å²) in [6, 6.07) is 55.7. The van der Waals surface area contributed by atoms with Gasteiger partial charge < -0.3 is 8.83 Å². The zero-order valence-corrected chi connectivity index (χ0v) is 26.7. The maximum Gasteiger partial charge on any atom is 0.164 e. The van der Waals surface area contributed by atoms with Gasteiger partial charge in [-0.15, -0.1) is 0 Å². The molecule has 0 spiro atoms. The van der Waals surface area contributed by atoms with Crippen LogP contribution >= 0.6 is 0 Å². The van der Waals surface area contributed by atoms with Crippen LogP contribution in [0.15, 0.2) is 173 Å². The van der Waals surface area contributed by atoms with Crippen molar-refractivity contribution >= 4 is 43.9 Å². The molecular formula is C45H27N3O2. The van der Waals surface area contributed by atoms with E-state index in [1.807, 2.05) is 78.9 Å². The van der Waals surface area contributed by atoms with Crippen molar-refractivity contribution in [2.45, 2.75) is 0 Å². The number of rotatable bonds is 5. The Morgan fingerprint density at radius 2 is 0.780 bits per heavy atom. The van der Waals surface area contributed by atoms with E-state index >= 15 is 0 Å². The Labute approximate surface area is 287 Å². The summed E-state index contributed by atoms with van der Waals surface area (Å²) < 4.78 is 12.7. The molecule has 0 atom stereocenters. The first-order valence-corrected chi connectivity index (χ1v) is 16.6. The molecule has 3 aromatic heterocycles. The summed E-state index contributed by atoms with van der Waals surface area (Å²) in [4.78, 5) is 15.4. The van der Waals surface area contributed by atoms with E-state index in [1.165, 1.54) is 11.1 Å². The Hall–Kier alpha value is -6.85. The predicted molar refractivity (Wildman–Crippen MR) is 202 cm³/mol. The summed E-state index contributed by atoms with van der Waals surface area (Å²) in [5.74, 6) is 1.74. The van der Waals surface area contributed by atoms with Gasteiger partial charge >= 0.3 is 0 Å². The largest absolute Gasteiger partial charge is 0.456 e. The highest BCUT2D eigenvalue weighted by molar-refractivity contribution is 6.14. The van der Waals surface area contributed by atoms with E-state index < -0.39 is 0 Å². The highest BCUT2D eigenvalue weighted by atomic mass is 16.3. The van der Waals surface area contributed by atoms with Crippen LogP contribution in [0.4, 0.5) is 0 Å². The second kappa shape index (κ2) is 11.4. The number of aromatic nitrogens is 3. The maximum atomic E-state index is 6.46. The molecule has 3 heterocycles. The van der Waals surface area contributed by atoms with Crippen molar-refractivity contribution in [3.63, 3.8) is 0 Å². The topological polar surface area (TPSA) is 65.0 Å². The standard InChI is InChI=1S/C45H27N3O2/c1-3-13-28(14-4-1)31-17-7-8-18-32(31)30-25-26-38-36(27-30)42-35(21-12-24-40(42)50-38)45-47-43(29-15-5-2-6-16-29)46-44(48-45)34-20-11-23-39-41(34)33-19-9-10-22-37(33)49-39/h1-27H. The molecule has 0 amide bonds. The van der Waals surface area contributed by atoms with Crippen LogP contribution in [0.1, 0.15) is 0 Å². The number of hydrogen-bond acceptors (Lipinski definition) is 5. The Morgan fingerprint density at radius 1 is 0.300 bits per heavy atom. The second-order valence-corrected chi connectivity index (χ2v) is 12.4. The monoisotopic (exact) mass is 641 g/mol. The van der Waals surface area contributed by atoms with E-state index in [-0.39, 0.29) is 0 Å². The normalized spacial score (nSPS) is 11.6. The minimum Gasteiger partial charge on any atom is -0.456 e. The molecule has 0 fully saturated rings. The van der Waals surface area contributed by atoms with Gasteiger partial charge in [-0.05, 0) is 52.6 Å². The molecule has 50 heavy (non-hydrogen) atoms. The van der Waals surface area contributed by atoms with E-state index in [0.717, 1.165) is 71.7 Å². The number of para-hydroxylation sites is 1. The minimum atomic E-state index is 0.571. The van der Waals surface area contributed by atoms with Crippen molar-refractivity contribution in [1.82, 2.24) is 15.0 Å². The van der Waals surface area contributed by atoms with Gasteiger partial charge in [-0.1, -0.05) is 133 Å². The second-order valence-electron chi connectivity index (χ2n) is 12.4. The summed E-state index contributed by atoms with van der Waals surface area (Å²) in [7, 11) is 0. The van der Waals surface area contributed by atoms with E-state index in [2.05, 4.69) is 84.9 Å². The van der Waals surface area contributed by atoms with Gasteiger partial charge in [0, 0.05) is 38.2 Å². The van der Waals surface area contributed by atoms with Crippen LogP contribution in [0.3, 0.4) is 0 Å². The minimum absolute atomic E-state index is 0.571. The highest BCUT2D eigenvalue weighted by Crippen LogP contribution is 2.41. The smallest absolute Gasteiger partial charge is 0.164 e. The number of furan rings is 2. The molecule has 234 valence electrons. The molecule has 0 aliphatic rings. The van der Waals surface area contributed by atoms with Crippen LogP contribution in [-0.2, 0) is 0 Å². The van der Waals surface area contributed by atoms with E-state index in [9.17, 15) is 0 Å². The molecular weight excluding hydrogens is 615 g/mol. The van der Waals surface area contributed by atoms with Gasteiger partial charge in [0.1, 0.15) is 22.3 Å². The number of nitrogens with zero attached hydrogens (tertiary/aromatic N) is 3. The Balaban J connectivity index is 1.22. The zero-order chi connectivity index (χ0) is 33.0. The van der Waals surface area contributed by atoms with Crippen LogP contribution in [0.2, 0.25) is 0 Å². The molecule has 0 bridgehead atoms. The van der Waals surface area contributed by atoms with E-state index in [0.29, 0.717) is 17.5 Å². The molecule has 5 heteroatoms. The van der Waals surface area contributed by atoms with Gasteiger partial charge in [0.25, 0.3) is 0 Å². The first-order chi connectivity index (χ1) is 24.8. The third kappa shape index (κ3) is 4.60. The third-order valence-corrected chi connectivity index (χ3v) is 9.37. The molecule has 0 aliphatic carbocycles. The fourth-order valence-corrected chi connectivity index (χ4v) is 7.08. The molecule has 0 unspecified atom stereocenters. The summed E-state index contributed by atoms with van der Waals surface area (Å²) in [6.45, 7) is 0. The lowest BCUT2D eigenvalue weighted by atomic mass is 9.93.